The zero-order chi connectivity index (χ0) is 23.6. The highest BCUT2D eigenvalue weighted by Crippen LogP contribution is 2.50. The lowest BCUT2D eigenvalue weighted by Gasteiger charge is -2.36. The van der Waals surface area contributed by atoms with E-state index in [1.165, 1.54) is 22.4 Å². The van der Waals surface area contributed by atoms with Gasteiger partial charge in [-0.05, 0) is 53.1 Å². The van der Waals surface area contributed by atoms with Crippen LogP contribution in [0.1, 0.15) is 47.1 Å². The summed E-state index contributed by atoms with van der Waals surface area (Å²) < 4.78 is 5.68. The molecule has 1 aliphatic carbocycles. The van der Waals surface area contributed by atoms with Crippen LogP contribution in [-0.4, -0.2) is 48.6 Å². The van der Waals surface area contributed by atoms with Crippen LogP contribution in [0.2, 0.25) is 0 Å². The van der Waals surface area contributed by atoms with Crippen molar-refractivity contribution < 1.29 is 9.53 Å². The van der Waals surface area contributed by atoms with Crippen molar-refractivity contribution >= 4 is 11.8 Å². The molecule has 3 aromatic carbocycles. The van der Waals surface area contributed by atoms with Gasteiger partial charge in [-0.25, -0.2) is 4.79 Å². The minimum absolute atomic E-state index is 0.142. The Morgan fingerprint density at radius 1 is 0.800 bits per heavy atom. The minimum atomic E-state index is -0.191. The van der Waals surface area contributed by atoms with Crippen LogP contribution in [0.15, 0.2) is 78.9 Å². The summed E-state index contributed by atoms with van der Waals surface area (Å²) in [5, 5.41) is 0. The molecular weight excluding hydrogens is 434 g/mol. The summed E-state index contributed by atoms with van der Waals surface area (Å²) in [6, 6.07) is 27.8. The molecule has 1 amide bonds. The van der Waals surface area contributed by atoms with Gasteiger partial charge in [0.15, 0.2) is 0 Å². The third kappa shape index (κ3) is 4.65. The second-order valence-corrected chi connectivity index (χ2v) is 10.0. The predicted octanol–water partition coefficient (Wildman–Crippen LogP) is 5.58. The van der Waals surface area contributed by atoms with E-state index in [1.807, 2.05) is 35.2 Å². The summed E-state index contributed by atoms with van der Waals surface area (Å²) in [4.78, 5) is 20.0. The monoisotopic (exact) mass is 467 g/mol. The van der Waals surface area contributed by atoms with Crippen LogP contribution >= 0.6 is 0 Å². The lowest BCUT2D eigenvalue weighted by Crippen LogP contribution is -2.46. The van der Waals surface area contributed by atoms with Gasteiger partial charge in [0.05, 0.1) is 6.04 Å². The molecule has 0 N–H and O–H groups in total. The molecule has 2 fully saturated rings. The average Bonchev–Trinajstić information content (AvgIpc) is 3.20. The first-order chi connectivity index (χ1) is 17.2. The number of piperazine rings is 1. The van der Waals surface area contributed by atoms with Gasteiger partial charge in [-0.15, -0.1) is 0 Å². The molecule has 2 heterocycles. The molecule has 0 radical (unpaired) electrons. The molecule has 5 heteroatoms. The number of rotatable bonds is 5. The molecule has 0 unspecified atom stereocenters. The van der Waals surface area contributed by atoms with Gasteiger partial charge >= 0.3 is 6.09 Å². The third-order valence-electron chi connectivity index (χ3n) is 7.90. The second-order valence-electron chi connectivity index (χ2n) is 10.0. The fourth-order valence-corrected chi connectivity index (χ4v) is 5.99. The minimum Gasteiger partial charge on any atom is -0.445 e. The number of nitrogens with zero attached hydrogens (tertiary/aromatic N) is 3. The van der Waals surface area contributed by atoms with Gasteiger partial charge in [0, 0.05) is 45.0 Å². The maximum Gasteiger partial charge on any atom is 0.410 e. The molecule has 2 aliphatic heterocycles. The van der Waals surface area contributed by atoms with Gasteiger partial charge in [0.2, 0.25) is 0 Å². The molecule has 0 spiro atoms. The van der Waals surface area contributed by atoms with E-state index >= 15 is 0 Å². The lowest BCUT2D eigenvalue weighted by atomic mass is 9.95. The van der Waals surface area contributed by atoms with Crippen molar-refractivity contribution in [3.63, 3.8) is 0 Å². The maximum atomic E-state index is 12.9. The summed E-state index contributed by atoms with van der Waals surface area (Å²) in [5.41, 5.74) is 6.50. The normalized spacial score (nSPS) is 21.6. The number of carbonyl (C=O) groups is 1. The van der Waals surface area contributed by atoms with Crippen molar-refractivity contribution in [2.24, 2.45) is 0 Å². The summed E-state index contributed by atoms with van der Waals surface area (Å²) in [5.74, 6) is 0.549. The fourth-order valence-electron chi connectivity index (χ4n) is 5.99. The molecule has 6 rings (SSSR count). The Balaban J connectivity index is 1.09. The first-order valence-electron chi connectivity index (χ1n) is 12.9. The number of likely N-dealkylation sites (tertiary alicyclic amines) is 1. The number of anilines is 1. The molecule has 2 saturated heterocycles. The zero-order valence-corrected chi connectivity index (χ0v) is 20.2. The van der Waals surface area contributed by atoms with Gasteiger partial charge in [0.25, 0.3) is 0 Å². The van der Waals surface area contributed by atoms with Crippen LogP contribution in [-0.2, 0) is 17.9 Å². The Kier molecular flexibility index (Phi) is 6.17. The van der Waals surface area contributed by atoms with Crippen LogP contribution in [0.3, 0.4) is 0 Å². The molecule has 2 atom stereocenters. The molecule has 3 aliphatic rings. The summed E-state index contributed by atoms with van der Waals surface area (Å²) >= 11 is 0. The van der Waals surface area contributed by atoms with Crippen molar-refractivity contribution in [2.45, 2.75) is 38.0 Å². The number of hydrogen-bond donors (Lipinski definition) is 0. The van der Waals surface area contributed by atoms with Gasteiger partial charge in [-0.3, -0.25) is 4.90 Å². The first-order valence-corrected chi connectivity index (χ1v) is 12.9. The van der Waals surface area contributed by atoms with Crippen LogP contribution in [0.5, 0.6) is 0 Å². The highest BCUT2D eigenvalue weighted by Gasteiger charge is 2.41. The summed E-state index contributed by atoms with van der Waals surface area (Å²) in [7, 11) is 0. The quantitative estimate of drug-likeness (QED) is 0.491. The molecule has 180 valence electrons. The van der Waals surface area contributed by atoms with E-state index in [4.69, 9.17) is 4.74 Å². The molecule has 5 nitrogen and oxygen atoms in total. The molecule has 0 aromatic heterocycles. The van der Waals surface area contributed by atoms with Gasteiger partial charge in [-0.1, -0.05) is 66.7 Å². The number of benzene rings is 3. The number of amides is 1. The van der Waals surface area contributed by atoms with E-state index in [2.05, 4.69) is 58.3 Å². The highest BCUT2D eigenvalue weighted by molar-refractivity contribution is 5.70. The van der Waals surface area contributed by atoms with Crippen molar-refractivity contribution in [3.05, 3.63) is 101 Å². The van der Waals surface area contributed by atoms with E-state index in [-0.39, 0.29) is 12.1 Å². The topological polar surface area (TPSA) is 36.0 Å². The van der Waals surface area contributed by atoms with Crippen molar-refractivity contribution in [2.75, 3.05) is 37.6 Å². The Morgan fingerprint density at radius 3 is 2.26 bits per heavy atom. The molecular formula is C30H33N3O2. The maximum absolute atomic E-state index is 12.9. The first kappa shape index (κ1) is 22.2. The standard InChI is InChI=1S/C30H33N3O2/c34-30(35-22-24-9-5-2-6-10-24)33-14-13-25-19-29(33)27-12-11-26(20-28(25)27)32-17-15-31(16-18-32)21-23-7-3-1-4-8-23/h1-12,20,25,29H,13-19,21-22H2/t25-,29-/m1/s1. The van der Waals surface area contributed by atoms with Crippen molar-refractivity contribution in [3.8, 4) is 0 Å². The Hall–Kier alpha value is -3.31. The predicted molar refractivity (Wildman–Crippen MR) is 138 cm³/mol. The largest absolute Gasteiger partial charge is 0.445 e. The summed E-state index contributed by atoms with van der Waals surface area (Å²) in [6.45, 7) is 6.39. The second kappa shape index (κ2) is 9.74. The van der Waals surface area contributed by atoms with Crippen LogP contribution < -0.4 is 4.90 Å². The Morgan fingerprint density at radius 2 is 1.51 bits per heavy atom. The zero-order valence-electron chi connectivity index (χ0n) is 20.2. The van der Waals surface area contributed by atoms with Crippen molar-refractivity contribution in [1.82, 2.24) is 9.80 Å². The lowest BCUT2D eigenvalue weighted by molar-refractivity contribution is 0.0694. The number of ether oxygens (including phenoxy) is 1. The average molecular weight is 468 g/mol. The molecule has 3 aromatic rings. The number of hydrogen-bond acceptors (Lipinski definition) is 4. The number of fused-ring (bicyclic) bond motifs is 5. The van der Waals surface area contributed by atoms with E-state index < -0.39 is 0 Å². The van der Waals surface area contributed by atoms with Gasteiger partial charge < -0.3 is 14.5 Å². The SMILES string of the molecule is O=C(OCc1ccccc1)N1CC[C@@H]2C[C@@H]1c1ccc(N3CCN(Cc4ccccc4)CC3)cc12. The van der Waals surface area contributed by atoms with Crippen molar-refractivity contribution in [1.29, 1.82) is 0 Å². The molecule has 0 saturated carbocycles. The Labute approximate surface area is 207 Å². The smallest absolute Gasteiger partial charge is 0.410 e. The van der Waals surface area contributed by atoms with Gasteiger partial charge in [-0.2, -0.15) is 0 Å². The third-order valence-corrected chi connectivity index (χ3v) is 7.90. The van der Waals surface area contributed by atoms with Crippen LogP contribution in [0.25, 0.3) is 0 Å². The van der Waals surface area contributed by atoms with E-state index in [0.717, 1.165) is 57.7 Å². The highest BCUT2D eigenvalue weighted by atomic mass is 16.6. The summed E-state index contributed by atoms with van der Waals surface area (Å²) in [6.07, 6.45) is 1.84. The number of piperidine rings is 1. The van der Waals surface area contributed by atoms with Crippen LogP contribution in [0, 0.1) is 0 Å². The van der Waals surface area contributed by atoms with E-state index in [9.17, 15) is 4.79 Å². The van der Waals surface area contributed by atoms with E-state index in [0.29, 0.717) is 12.5 Å². The van der Waals surface area contributed by atoms with E-state index in [1.54, 1.807) is 0 Å². The van der Waals surface area contributed by atoms with Crippen LogP contribution in [0.4, 0.5) is 10.5 Å². The number of carbonyl (C=O) groups excluding carboxylic acids is 1. The fraction of sp³-hybridized carbons (Fsp3) is 0.367. The Bertz CT molecular complexity index is 1160. The van der Waals surface area contributed by atoms with Gasteiger partial charge in [0.1, 0.15) is 6.61 Å². The molecule has 2 bridgehead atoms. The molecule has 35 heavy (non-hydrogen) atoms.